The average molecular weight is 315 g/mol. The smallest absolute Gasteiger partial charge is 0.136 e. The number of hydrogen-bond acceptors (Lipinski definition) is 2. The fraction of sp³-hybridized carbons (Fsp3) is 0.462. The van der Waals surface area contributed by atoms with E-state index in [2.05, 4.69) is 15.9 Å². The van der Waals surface area contributed by atoms with Crippen LogP contribution in [0.2, 0.25) is 0 Å². The summed E-state index contributed by atoms with van der Waals surface area (Å²) in [4.78, 5) is 12.3. The van der Waals surface area contributed by atoms with Crippen molar-refractivity contribution in [2.45, 2.75) is 30.6 Å². The maximum absolute atomic E-state index is 12.0. The summed E-state index contributed by atoms with van der Waals surface area (Å²) in [5.41, 5.74) is 0. The zero-order chi connectivity index (χ0) is 12.3. The molecule has 0 aliphatic heterocycles. The molecular weight excluding hydrogens is 300 g/mol. The molecule has 0 amide bonds. The highest BCUT2D eigenvalue weighted by molar-refractivity contribution is 9.10. The number of benzene rings is 1. The van der Waals surface area contributed by atoms with Crippen LogP contribution in [0.1, 0.15) is 25.7 Å². The van der Waals surface area contributed by atoms with E-state index in [0.29, 0.717) is 18.0 Å². The Balaban J connectivity index is 1.91. The molecule has 1 aromatic carbocycles. The number of ketones is 1. The molecule has 0 heterocycles. The van der Waals surface area contributed by atoms with Crippen LogP contribution in [0.25, 0.3) is 0 Å². The van der Waals surface area contributed by atoms with Gasteiger partial charge in [0.25, 0.3) is 0 Å². The molecule has 0 N–H and O–H groups in total. The Morgan fingerprint density at radius 1 is 1.41 bits per heavy atom. The van der Waals surface area contributed by atoms with E-state index in [1.54, 1.807) is 0 Å². The maximum atomic E-state index is 12.0. The Labute approximate surface area is 112 Å². The highest BCUT2D eigenvalue weighted by atomic mass is 79.9. The first kappa shape index (κ1) is 13.0. The molecule has 92 valence electrons. The largest absolute Gasteiger partial charge is 0.299 e. The van der Waals surface area contributed by atoms with Crippen molar-refractivity contribution in [3.8, 4) is 0 Å². The van der Waals surface area contributed by atoms with Crippen LogP contribution < -0.4 is 0 Å². The van der Waals surface area contributed by atoms with Crippen molar-refractivity contribution in [2.24, 2.45) is 5.92 Å². The summed E-state index contributed by atoms with van der Waals surface area (Å²) in [6.45, 7) is 0. The molecule has 2 atom stereocenters. The zero-order valence-electron chi connectivity index (χ0n) is 9.52. The summed E-state index contributed by atoms with van der Waals surface area (Å²) in [5.74, 6) is 1.11. The van der Waals surface area contributed by atoms with Gasteiger partial charge in [0.15, 0.2) is 0 Å². The summed E-state index contributed by atoms with van der Waals surface area (Å²) >= 11 is 3.37. The van der Waals surface area contributed by atoms with Gasteiger partial charge in [-0.3, -0.25) is 9.00 Å². The fourth-order valence-electron chi connectivity index (χ4n) is 2.17. The lowest BCUT2D eigenvalue weighted by Crippen LogP contribution is -2.10. The van der Waals surface area contributed by atoms with Crippen LogP contribution in [-0.4, -0.2) is 15.7 Å². The molecular formula is C13H15BrO2S. The topological polar surface area (TPSA) is 34.1 Å². The van der Waals surface area contributed by atoms with Gasteiger partial charge in [0.2, 0.25) is 0 Å². The molecule has 0 saturated heterocycles. The number of Topliss-reactive ketones (excluding diaryl/α,β-unsaturated/α-hetero) is 1. The van der Waals surface area contributed by atoms with Crippen LogP contribution in [-0.2, 0) is 15.6 Å². The molecule has 0 aromatic heterocycles. The van der Waals surface area contributed by atoms with Gasteiger partial charge in [-0.05, 0) is 37.5 Å². The lowest BCUT2D eigenvalue weighted by Gasteiger charge is -2.07. The van der Waals surface area contributed by atoms with Crippen LogP contribution >= 0.6 is 15.9 Å². The standard InChI is InChI=1S/C13H15BrO2S/c14-11-4-2-5-12(9-11)17(16)8-7-10-3-1-6-13(10)15/h2,4-5,9-10H,1,3,6-8H2. The second kappa shape index (κ2) is 5.91. The predicted molar refractivity (Wildman–Crippen MR) is 72.4 cm³/mol. The summed E-state index contributed by atoms with van der Waals surface area (Å²) < 4.78 is 13.0. The van der Waals surface area contributed by atoms with E-state index in [1.165, 1.54) is 0 Å². The van der Waals surface area contributed by atoms with Crippen LogP contribution in [0.5, 0.6) is 0 Å². The van der Waals surface area contributed by atoms with E-state index in [9.17, 15) is 9.00 Å². The molecule has 1 saturated carbocycles. The molecule has 1 aliphatic carbocycles. The quantitative estimate of drug-likeness (QED) is 0.854. The number of halogens is 1. The van der Waals surface area contributed by atoms with Crippen molar-refractivity contribution in [1.29, 1.82) is 0 Å². The van der Waals surface area contributed by atoms with Gasteiger partial charge < -0.3 is 0 Å². The van der Waals surface area contributed by atoms with E-state index in [4.69, 9.17) is 0 Å². The highest BCUT2D eigenvalue weighted by Crippen LogP contribution is 2.25. The minimum Gasteiger partial charge on any atom is -0.299 e. The third-order valence-corrected chi connectivity index (χ3v) is 5.02. The van der Waals surface area contributed by atoms with Gasteiger partial charge in [0.05, 0.1) is 10.8 Å². The van der Waals surface area contributed by atoms with Crippen molar-refractivity contribution in [1.82, 2.24) is 0 Å². The molecule has 2 rings (SSSR count). The third-order valence-electron chi connectivity index (χ3n) is 3.14. The summed E-state index contributed by atoms with van der Waals surface area (Å²) in [6, 6.07) is 7.56. The summed E-state index contributed by atoms with van der Waals surface area (Å²) in [5, 5.41) is 0. The molecule has 1 aromatic rings. The van der Waals surface area contributed by atoms with Gasteiger partial charge in [-0.15, -0.1) is 0 Å². The molecule has 0 radical (unpaired) electrons. The molecule has 0 spiro atoms. The van der Waals surface area contributed by atoms with Gasteiger partial charge in [0.1, 0.15) is 5.78 Å². The van der Waals surface area contributed by atoms with E-state index < -0.39 is 10.8 Å². The molecule has 1 aliphatic rings. The highest BCUT2D eigenvalue weighted by Gasteiger charge is 2.24. The first-order valence-electron chi connectivity index (χ1n) is 5.83. The minimum absolute atomic E-state index is 0.158. The monoisotopic (exact) mass is 314 g/mol. The number of carbonyl (C=O) groups is 1. The maximum Gasteiger partial charge on any atom is 0.136 e. The number of carbonyl (C=O) groups excluding carboxylic acids is 1. The number of hydrogen-bond donors (Lipinski definition) is 0. The van der Waals surface area contributed by atoms with E-state index in [1.807, 2.05) is 24.3 Å². The van der Waals surface area contributed by atoms with Crippen LogP contribution in [0, 0.1) is 5.92 Å². The Bertz CT molecular complexity index is 445. The summed E-state index contributed by atoms with van der Waals surface area (Å²) in [6.07, 6.45) is 3.47. The lowest BCUT2D eigenvalue weighted by molar-refractivity contribution is -0.120. The second-order valence-corrected chi connectivity index (χ2v) is 6.84. The van der Waals surface area contributed by atoms with E-state index >= 15 is 0 Å². The molecule has 4 heteroatoms. The fourth-order valence-corrected chi connectivity index (χ4v) is 3.94. The molecule has 17 heavy (non-hydrogen) atoms. The van der Waals surface area contributed by atoms with E-state index in [0.717, 1.165) is 28.6 Å². The lowest BCUT2D eigenvalue weighted by atomic mass is 10.1. The predicted octanol–water partition coefficient (Wildman–Crippen LogP) is 3.32. The van der Waals surface area contributed by atoms with Crippen LogP contribution in [0.15, 0.2) is 33.6 Å². The Hall–Kier alpha value is -0.480. The van der Waals surface area contributed by atoms with Gasteiger partial charge in [0, 0.05) is 27.5 Å². The molecule has 2 unspecified atom stereocenters. The first-order valence-corrected chi connectivity index (χ1v) is 7.94. The van der Waals surface area contributed by atoms with Crippen molar-refractivity contribution < 1.29 is 9.00 Å². The number of rotatable bonds is 4. The van der Waals surface area contributed by atoms with Crippen LogP contribution in [0.3, 0.4) is 0 Å². The Morgan fingerprint density at radius 3 is 2.88 bits per heavy atom. The third kappa shape index (κ3) is 3.49. The van der Waals surface area contributed by atoms with Gasteiger partial charge in [-0.25, -0.2) is 0 Å². The van der Waals surface area contributed by atoms with Crippen molar-refractivity contribution in [3.05, 3.63) is 28.7 Å². The van der Waals surface area contributed by atoms with Crippen molar-refractivity contribution in [3.63, 3.8) is 0 Å². The SMILES string of the molecule is O=C1CCCC1CCS(=O)c1cccc(Br)c1. The van der Waals surface area contributed by atoms with Crippen LogP contribution in [0.4, 0.5) is 0 Å². The molecule has 2 nitrogen and oxygen atoms in total. The zero-order valence-corrected chi connectivity index (χ0v) is 11.9. The van der Waals surface area contributed by atoms with Gasteiger partial charge >= 0.3 is 0 Å². The van der Waals surface area contributed by atoms with Crippen molar-refractivity contribution >= 4 is 32.5 Å². The average Bonchev–Trinajstić information content (AvgIpc) is 2.72. The molecule has 0 bridgehead atoms. The normalized spacial score (nSPS) is 21.7. The van der Waals surface area contributed by atoms with Crippen molar-refractivity contribution in [2.75, 3.05) is 5.75 Å². The molecule has 1 fully saturated rings. The second-order valence-electron chi connectivity index (χ2n) is 4.35. The minimum atomic E-state index is -0.987. The van der Waals surface area contributed by atoms with E-state index in [-0.39, 0.29) is 5.92 Å². The van der Waals surface area contributed by atoms with Gasteiger partial charge in [-0.1, -0.05) is 22.0 Å². The first-order chi connectivity index (χ1) is 8.16. The Morgan fingerprint density at radius 2 is 2.24 bits per heavy atom. The summed E-state index contributed by atoms with van der Waals surface area (Å²) in [7, 11) is -0.987. The van der Waals surface area contributed by atoms with Gasteiger partial charge in [-0.2, -0.15) is 0 Å². The Kier molecular flexibility index (Phi) is 4.51.